The fraction of sp³-hybridized carbons (Fsp3) is 0.231. The lowest BCUT2D eigenvalue weighted by Crippen LogP contribution is -2.44. The number of halogens is 1. The molecular formula is C13H13BrN2O3S. The lowest BCUT2D eigenvalue weighted by atomic mass is 10.3. The summed E-state index contributed by atoms with van der Waals surface area (Å²) in [6, 6.07) is 6.41. The average Bonchev–Trinajstić information content (AvgIpc) is 3.06. The summed E-state index contributed by atoms with van der Waals surface area (Å²) in [5.74, 6) is 0.144. The van der Waals surface area contributed by atoms with Gasteiger partial charge in [0.2, 0.25) is 5.91 Å². The summed E-state index contributed by atoms with van der Waals surface area (Å²) in [7, 11) is 0. The highest BCUT2D eigenvalue weighted by Crippen LogP contribution is 2.21. The quantitative estimate of drug-likeness (QED) is 0.864. The van der Waals surface area contributed by atoms with Crippen LogP contribution in [-0.2, 0) is 11.3 Å². The third kappa shape index (κ3) is 3.94. The second-order valence-corrected chi connectivity index (χ2v) is 6.56. The van der Waals surface area contributed by atoms with E-state index < -0.39 is 6.04 Å². The smallest absolute Gasteiger partial charge is 0.262 e. The van der Waals surface area contributed by atoms with Gasteiger partial charge in [0.05, 0.1) is 21.5 Å². The minimum absolute atomic E-state index is 0.259. The number of carbonyl (C=O) groups is 2. The molecule has 0 aliphatic heterocycles. The van der Waals surface area contributed by atoms with Crippen molar-refractivity contribution in [3.63, 3.8) is 0 Å². The van der Waals surface area contributed by atoms with Gasteiger partial charge in [0.15, 0.2) is 0 Å². The first-order chi connectivity index (χ1) is 9.56. The maximum Gasteiger partial charge on any atom is 0.262 e. The zero-order valence-corrected chi connectivity index (χ0v) is 13.1. The first-order valence-electron chi connectivity index (χ1n) is 5.92. The Labute approximate surface area is 128 Å². The van der Waals surface area contributed by atoms with Crippen LogP contribution in [-0.4, -0.2) is 17.9 Å². The predicted molar refractivity (Wildman–Crippen MR) is 79.5 cm³/mol. The molecule has 2 heterocycles. The zero-order valence-electron chi connectivity index (χ0n) is 10.7. The number of carbonyl (C=O) groups excluding carboxylic acids is 2. The van der Waals surface area contributed by atoms with E-state index in [1.54, 1.807) is 37.5 Å². The monoisotopic (exact) mass is 356 g/mol. The molecule has 7 heteroatoms. The maximum absolute atomic E-state index is 11.9. The Morgan fingerprint density at radius 1 is 1.40 bits per heavy atom. The highest BCUT2D eigenvalue weighted by molar-refractivity contribution is 9.11. The second kappa shape index (κ2) is 6.71. The molecule has 106 valence electrons. The third-order valence-corrected chi connectivity index (χ3v) is 4.18. The van der Waals surface area contributed by atoms with E-state index in [0.717, 1.165) is 3.79 Å². The molecule has 0 saturated heterocycles. The number of rotatable bonds is 5. The highest BCUT2D eigenvalue weighted by atomic mass is 79.9. The highest BCUT2D eigenvalue weighted by Gasteiger charge is 2.17. The Hall–Kier alpha value is -1.60. The van der Waals surface area contributed by atoms with E-state index in [2.05, 4.69) is 26.6 Å². The van der Waals surface area contributed by atoms with Crippen molar-refractivity contribution in [1.82, 2.24) is 10.6 Å². The number of nitrogens with one attached hydrogen (secondary N) is 2. The van der Waals surface area contributed by atoms with Crippen molar-refractivity contribution in [2.24, 2.45) is 0 Å². The van der Waals surface area contributed by atoms with Crippen LogP contribution in [0, 0.1) is 0 Å². The first-order valence-corrected chi connectivity index (χ1v) is 7.53. The van der Waals surface area contributed by atoms with E-state index in [1.807, 2.05) is 0 Å². The number of amides is 2. The van der Waals surface area contributed by atoms with Gasteiger partial charge in [-0.2, -0.15) is 0 Å². The van der Waals surface area contributed by atoms with Crippen LogP contribution < -0.4 is 10.6 Å². The lowest BCUT2D eigenvalue weighted by molar-refractivity contribution is -0.122. The molecule has 0 unspecified atom stereocenters. The van der Waals surface area contributed by atoms with E-state index in [1.165, 1.54) is 11.3 Å². The van der Waals surface area contributed by atoms with Gasteiger partial charge in [-0.15, -0.1) is 11.3 Å². The van der Waals surface area contributed by atoms with Crippen LogP contribution >= 0.6 is 27.3 Å². The van der Waals surface area contributed by atoms with Crippen molar-refractivity contribution < 1.29 is 14.0 Å². The second-order valence-electron chi connectivity index (χ2n) is 4.10. The Kier molecular flexibility index (Phi) is 4.97. The Balaban J connectivity index is 1.83. The summed E-state index contributed by atoms with van der Waals surface area (Å²) in [5.41, 5.74) is 0. The number of thiophene rings is 1. The standard InChI is InChI=1S/C13H13BrN2O3S/c1-8(12(17)15-7-9-3-2-6-19-9)16-13(18)10-4-5-11(14)20-10/h2-6,8H,7H2,1H3,(H,15,17)(H,16,18)/t8-/m1/s1. The van der Waals surface area contributed by atoms with Crippen molar-refractivity contribution in [3.8, 4) is 0 Å². The van der Waals surface area contributed by atoms with Gasteiger partial charge in [-0.1, -0.05) is 0 Å². The fourth-order valence-corrected chi connectivity index (χ4v) is 2.80. The number of hydrogen-bond donors (Lipinski definition) is 2. The van der Waals surface area contributed by atoms with E-state index in [-0.39, 0.29) is 11.8 Å². The molecule has 0 aliphatic carbocycles. The average molecular weight is 357 g/mol. The molecule has 0 bridgehead atoms. The summed E-state index contributed by atoms with van der Waals surface area (Å²) >= 11 is 4.61. The number of furan rings is 1. The Morgan fingerprint density at radius 3 is 2.80 bits per heavy atom. The molecule has 2 aromatic heterocycles. The predicted octanol–water partition coefficient (Wildman–Crippen LogP) is 2.54. The third-order valence-electron chi connectivity index (χ3n) is 2.55. The molecule has 2 N–H and O–H groups in total. The summed E-state index contributed by atoms with van der Waals surface area (Å²) in [6.45, 7) is 1.94. The van der Waals surface area contributed by atoms with Crippen LogP contribution in [0.1, 0.15) is 22.4 Å². The van der Waals surface area contributed by atoms with Crippen LogP contribution in [0.5, 0.6) is 0 Å². The topological polar surface area (TPSA) is 71.3 Å². The van der Waals surface area contributed by atoms with E-state index in [9.17, 15) is 9.59 Å². The van der Waals surface area contributed by atoms with Crippen LogP contribution in [0.25, 0.3) is 0 Å². The molecule has 0 radical (unpaired) electrons. The Bertz CT molecular complexity index is 595. The van der Waals surface area contributed by atoms with Gasteiger partial charge in [-0.3, -0.25) is 9.59 Å². The Morgan fingerprint density at radius 2 is 2.20 bits per heavy atom. The molecule has 0 saturated carbocycles. The first kappa shape index (κ1) is 14.8. The van der Waals surface area contributed by atoms with Gasteiger partial charge in [0.1, 0.15) is 11.8 Å². The fourth-order valence-electron chi connectivity index (χ4n) is 1.51. The van der Waals surface area contributed by atoms with Crippen molar-refractivity contribution in [2.45, 2.75) is 19.5 Å². The van der Waals surface area contributed by atoms with E-state index >= 15 is 0 Å². The summed E-state index contributed by atoms with van der Waals surface area (Å²) in [6.07, 6.45) is 1.54. The van der Waals surface area contributed by atoms with Crippen LogP contribution in [0.15, 0.2) is 38.7 Å². The number of hydrogen-bond acceptors (Lipinski definition) is 4. The van der Waals surface area contributed by atoms with Gasteiger partial charge in [-0.25, -0.2) is 0 Å². The SMILES string of the molecule is C[C@@H](NC(=O)c1ccc(Br)s1)C(=O)NCc1ccco1. The van der Waals surface area contributed by atoms with Gasteiger partial charge in [0.25, 0.3) is 5.91 Å². The molecule has 2 amide bonds. The van der Waals surface area contributed by atoms with Crippen molar-refractivity contribution >= 4 is 39.1 Å². The minimum atomic E-state index is -0.613. The molecule has 2 rings (SSSR count). The van der Waals surface area contributed by atoms with Gasteiger partial charge in [-0.05, 0) is 47.1 Å². The summed E-state index contributed by atoms with van der Waals surface area (Å²) in [5, 5.41) is 5.34. The molecule has 2 aromatic rings. The maximum atomic E-state index is 11.9. The van der Waals surface area contributed by atoms with Gasteiger partial charge >= 0.3 is 0 Å². The molecule has 20 heavy (non-hydrogen) atoms. The normalized spacial score (nSPS) is 11.9. The lowest BCUT2D eigenvalue weighted by Gasteiger charge is -2.12. The molecule has 0 spiro atoms. The van der Waals surface area contributed by atoms with E-state index in [0.29, 0.717) is 17.2 Å². The molecule has 5 nitrogen and oxygen atoms in total. The van der Waals surface area contributed by atoms with Crippen LogP contribution in [0.4, 0.5) is 0 Å². The molecule has 1 atom stereocenters. The van der Waals surface area contributed by atoms with Crippen LogP contribution in [0.2, 0.25) is 0 Å². The van der Waals surface area contributed by atoms with Crippen molar-refractivity contribution in [1.29, 1.82) is 0 Å². The molecule has 0 fully saturated rings. The summed E-state index contributed by atoms with van der Waals surface area (Å²) < 4.78 is 5.98. The van der Waals surface area contributed by atoms with Crippen LogP contribution in [0.3, 0.4) is 0 Å². The molecular weight excluding hydrogens is 344 g/mol. The zero-order chi connectivity index (χ0) is 14.5. The minimum Gasteiger partial charge on any atom is -0.467 e. The van der Waals surface area contributed by atoms with Crippen molar-refractivity contribution in [3.05, 3.63) is 45.0 Å². The van der Waals surface area contributed by atoms with Crippen molar-refractivity contribution in [2.75, 3.05) is 0 Å². The van der Waals surface area contributed by atoms with Gasteiger partial charge in [0, 0.05) is 0 Å². The summed E-state index contributed by atoms with van der Waals surface area (Å²) in [4.78, 5) is 24.3. The molecule has 0 aliphatic rings. The van der Waals surface area contributed by atoms with Gasteiger partial charge < -0.3 is 15.1 Å². The molecule has 0 aromatic carbocycles. The largest absolute Gasteiger partial charge is 0.467 e. The van der Waals surface area contributed by atoms with E-state index in [4.69, 9.17) is 4.42 Å².